The molecule has 0 saturated carbocycles. The lowest BCUT2D eigenvalue weighted by molar-refractivity contribution is -0.121. The zero-order valence-electron chi connectivity index (χ0n) is 12.1. The van der Waals surface area contributed by atoms with Crippen LogP contribution in [0.2, 0.25) is 0 Å². The summed E-state index contributed by atoms with van der Waals surface area (Å²) in [6.07, 6.45) is 4.01. The zero-order chi connectivity index (χ0) is 15.2. The Hall–Kier alpha value is -2.50. The average Bonchev–Trinajstić information content (AvgIpc) is 2.45. The highest BCUT2D eigenvalue weighted by Gasteiger charge is 2.09. The van der Waals surface area contributed by atoms with E-state index in [4.69, 9.17) is 0 Å². The average molecular weight is 286 g/mol. The molecule has 2 rings (SSSR count). The molecule has 0 aliphatic heterocycles. The molecule has 0 saturated heterocycles. The quantitative estimate of drug-likeness (QED) is 0.859. The zero-order valence-corrected chi connectivity index (χ0v) is 12.1. The second kappa shape index (κ2) is 6.78. The number of hydrogen-bond acceptors (Lipinski definition) is 4. The molecule has 0 atom stereocenters. The number of aromatic nitrogens is 3. The molecule has 0 fully saturated rings. The van der Waals surface area contributed by atoms with Gasteiger partial charge in [-0.05, 0) is 38.0 Å². The molecule has 0 spiro atoms. The van der Waals surface area contributed by atoms with Crippen molar-refractivity contribution in [2.24, 2.45) is 0 Å². The lowest BCUT2D eigenvalue weighted by Gasteiger charge is -2.07. The number of aromatic amines is 1. The summed E-state index contributed by atoms with van der Waals surface area (Å²) >= 11 is 0. The largest absolute Gasteiger partial charge is 0.352 e. The van der Waals surface area contributed by atoms with E-state index in [1.807, 2.05) is 12.1 Å². The van der Waals surface area contributed by atoms with Gasteiger partial charge in [0.25, 0.3) is 5.56 Å². The summed E-state index contributed by atoms with van der Waals surface area (Å²) in [6.45, 7) is 3.98. The number of carbonyl (C=O) groups excluding carboxylic acids is 1. The second-order valence-corrected chi connectivity index (χ2v) is 4.85. The van der Waals surface area contributed by atoms with Crippen LogP contribution in [0.25, 0.3) is 0 Å². The summed E-state index contributed by atoms with van der Waals surface area (Å²) in [5.74, 6) is 0.495. The van der Waals surface area contributed by atoms with Crippen molar-refractivity contribution in [2.45, 2.75) is 33.2 Å². The van der Waals surface area contributed by atoms with Gasteiger partial charge in [-0.2, -0.15) is 0 Å². The Balaban J connectivity index is 1.89. The molecule has 0 unspecified atom stereocenters. The number of nitrogens with one attached hydrogen (secondary N) is 2. The molecule has 6 nitrogen and oxygen atoms in total. The van der Waals surface area contributed by atoms with Crippen molar-refractivity contribution >= 4 is 5.91 Å². The number of H-pyrrole nitrogens is 1. The predicted octanol–water partition coefficient (Wildman–Crippen LogP) is 1.03. The highest BCUT2D eigenvalue weighted by Crippen LogP contribution is 2.03. The molecule has 0 aromatic carbocycles. The summed E-state index contributed by atoms with van der Waals surface area (Å²) < 4.78 is 0. The summed E-state index contributed by atoms with van der Waals surface area (Å²) in [5, 5.41) is 2.82. The highest BCUT2D eigenvalue weighted by atomic mass is 16.1. The van der Waals surface area contributed by atoms with E-state index >= 15 is 0 Å². The first-order valence-electron chi connectivity index (χ1n) is 6.78. The fraction of sp³-hybridized carbons (Fsp3) is 0.333. The molecule has 0 radical (unpaired) electrons. The Morgan fingerprint density at radius 2 is 2.00 bits per heavy atom. The standard InChI is InChI=1S/C15H18N4O2/c1-10-13(15(21)19-11(2)18-10)3-4-14(20)17-9-12-5-7-16-8-6-12/h5-8H,3-4,9H2,1-2H3,(H,17,20)(H,18,19,21). The van der Waals surface area contributed by atoms with Gasteiger partial charge in [-0.25, -0.2) is 4.98 Å². The fourth-order valence-corrected chi connectivity index (χ4v) is 2.07. The summed E-state index contributed by atoms with van der Waals surface area (Å²) in [6, 6.07) is 3.69. The molecule has 110 valence electrons. The van der Waals surface area contributed by atoms with E-state index in [1.54, 1.807) is 26.2 Å². The van der Waals surface area contributed by atoms with Gasteiger partial charge in [0.15, 0.2) is 0 Å². The second-order valence-electron chi connectivity index (χ2n) is 4.85. The maximum atomic E-state index is 11.8. The van der Waals surface area contributed by atoms with Crippen LogP contribution in [0.5, 0.6) is 0 Å². The Morgan fingerprint density at radius 3 is 2.67 bits per heavy atom. The number of carbonyl (C=O) groups is 1. The maximum absolute atomic E-state index is 11.8. The van der Waals surface area contributed by atoms with Gasteiger partial charge >= 0.3 is 0 Å². The molecule has 1 amide bonds. The maximum Gasteiger partial charge on any atom is 0.254 e. The van der Waals surface area contributed by atoms with E-state index in [0.717, 1.165) is 5.56 Å². The van der Waals surface area contributed by atoms with Crippen LogP contribution in [-0.4, -0.2) is 20.9 Å². The third-order valence-electron chi connectivity index (χ3n) is 3.18. The van der Waals surface area contributed by atoms with Crippen LogP contribution in [0.1, 0.15) is 29.1 Å². The summed E-state index contributed by atoms with van der Waals surface area (Å²) in [5.41, 5.74) is 2.07. The third kappa shape index (κ3) is 4.24. The predicted molar refractivity (Wildman–Crippen MR) is 78.7 cm³/mol. The summed E-state index contributed by atoms with van der Waals surface area (Å²) in [7, 11) is 0. The van der Waals surface area contributed by atoms with Gasteiger partial charge in [-0.1, -0.05) is 0 Å². The van der Waals surface area contributed by atoms with Gasteiger partial charge < -0.3 is 10.3 Å². The molecular weight excluding hydrogens is 268 g/mol. The van der Waals surface area contributed by atoms with E-state index in [-0.39, 0.29) is 17.9 Å². The van der Waals surface area contributed by atoms with Crippen molar-refractivity contribution in [3.8, 4) is 0 Å². The first-order valence-corrected chi connectivity index (χ1v) is 6.78. The minimum absolute atomic E-state index is 0.0915. The Morgan fingerprint density at radius 1 is 1.29 bits per heavy atom. The minimum atomic E-state index is -0.165. The van der Waals surface area contributed by atoms with Gasteiger partial charge in [0.2, 0.25) is 5.91 Å². The monoisotopic (exact) mass is 286 g/mol. The highest BCUT2D eigenvalue weighted by molar-refractivity contribution is 5.76. The SMILES string of the molecule is Cc1nc(C)c(CCC(=O)NCc2ccncc2)c(=O)[nH]1. The van der Waals surface area contributed by atoms with Crippen LogP contribution in [0, 0.1) is 13.8 Å². The molecule has 21 heavy (non-hydrogen) atoms. The van der Waals surface area contributed by atoms with Crippen LogP contribution in [0.15, 0.2) is 29.3 Å². The van der Waals surface area contributed by atoms with E-state index in [9.17, 15) is 9.59 Å². The van der Waals surface area contributed by atoms with Crippen molar-refractivity contribution in [1.29, 1.82) is 0 Å². The van der Waals surface area contributed by atoms with Crippen LogP contribution in [0.4, 0.5) is 0 Å². The van der Waals surface area contributed by atoms with Crippen molar-refractivity contribution in [2.75, 3.05) is 0 Å². The molecule has 2 heterocycles. The number of aryl methyl sites for hydroxylation is 2. The summed E-state index contributed by atoms with van der Waals surface area (Å²) in [4.78, 5) is 34.4. The number of amides is 1. The Kier molecular flexibility index (Phi) is 4.81. The number of hydrogen-bond donors (Lipinski definition) is 2. The van der Waals surface area contributed by atoms with Crippen LogP contribution < -0.4 is 10.9 Å². The first-order chi connectivity index (χ1) is 10.1. The van der Waals surface area contributed by atoms with E-state index in [2.05, 4.69) is 20.3 Å². The molecule has 0 aliphatic carbocycles. The van der Waals surface area contributed by atoms with Gasteiger partial charge in [0.05, 0.1) is 0 Å². The van der Waals surface area contributed by atoms with Gasteiger partial charge in [-0.3, -0.25) is 14.6 Å². The molecule has 0 bridgehead atoms. The lowest BCUT2D eigenvalue weighted by atomic mass is 10.1. The Bertz CT molecular complexity index is 680. The van der Waals surface area contributed by atoms with E-state index < -0.39 is 0 Å². The van der Waals surface area contributed by atoms with Gasteiger partial charge in [-0.15, -0.1) is 0 Å². The topological polar surface area (TPSA) is 87.7 Å². The van der Waals surface area contributed by atoms with Gasteiger partial charge in [0.1, 0.15) is 5.82 Å². The smallest absolute Gasteiger partial charge is 0.254 e. The van der Waals surface area contributed by atoms with Crippen molar-refractivity contribution in [3.05, 3.63) is 57.5 Å². The van der Waals surface area contributed by atoms with Crippen LogP contribution >= 0.6 is 0 Å². The lowest BCUT2D eigenvalue weighted by Crippen LogP contribution is -2.25. The number of pyridine rings is 1. The molecule has 2 N–H and O–H groups in total. The molecule has 2 aromatic heterocycles. The van der Waals surface area contributed by atoms with E-state index in [1.165, 1.54) is 0 Å². The number of nitrogens with zero attached hydrogens (tertiary/aromatic N) is 2. The molecule has 6 heteroatoms. The molecule has 2 aromatic rings. The fourth-order valence-electron chi connectivity index (χ4n) is 2.07. The van der Waals surface area contributed by atoms with Crippen LogP contribution in [-0.2, 0) is 17.8 Å². The molecule has 0 aliphatic rings. The third-order valence-corrected chi connectivity index (χ3v) is 3.18. The number of rotatable bonds is 5. The molecular formula is C15H18N4O2. The van der Waals surface area contributed by atoms with Gasteiger partial charge in [0, 0.05) is 36.6 Å². The first kappa shape index (κ1) is 14.9. The van der Waals surface area contributed by atoms with Crippen molar-refractivity contribution < 1.29 is 4.79 Å². The van der Waals surface area contributed by atoms with Crippen LogP contribution in [0.3, 0.4) is 0 Å². The Labute approximate surface area is 122 Å². The minimum Gasteiger partial charge on any atom is -0.352 e. The van der Waals surface area contributed by atoms with E-state index in [0.29, 0.717) is 30.0 Å². The van der Waals surface area contributed by atoms with Crippen molar-refractivity contribution in [1.82, 2.24) is 20.3 Å². The van der Waals surface area contributed by atoms with Crippen molar-refractivity contribution in [3.63, 3.8) is 0 Å². The normalized spacial score (nSPS) is 10.4.